The summed E-state index contributed by atoms with van der Waals surface area (Å²) in [7, 11) is 1.21. The van der Waals surface area contributed by atoms with E-state index in [0.717, 1.165) is 17.8 Å². The average molecular weight is 350 g/mol. The number of benzene rings is 1. The highest BCUT2D eigenvalue weighted by Crippen LogP contribution is 2.34. The number of amides is 2. The Labute approximate surface area is 142 Å². The van der Waals surface area contributed by atoms with Crippen LogP contribution in [0.15, 0.2) is 24.5 Å². The van der Waals surface area contributed by atoms with Crippen molar-refractivity contribution in [3.8, 4) is 0 Å². The topological polar surface area (TPSA) is 87.3 Å². The van der Waals surface area contributed by atoms with Crippen LogP contribution in [-0.2, 0) is 16.0 Å². The molecule has 25 heavy (non-hydrogen) atoms. The molecule has 2 heterocycles. The SMILES string of the molecule is COC(=O)CNC(=O)N1CCc2[nH]cnc2[C@H]1c1ccc(F)cc1F. The molecule has 0 radical (unpaired) electrons. The zero-order valence-corrected chi connectivity index (χ0v) is 13.4. The van der Waals surface area contributed by atoms with Crippen molar-refractivity contribution in [3.63, 3.8) is 0 Å². The Morgan fingerprint density at radius 3 is 2.96 bits per heavy atom. The van der Waals surface area contributed by atoms with E-state index in [4.69, 9.17) is 0 Å². The molecule has 7 nitrogen and oxygen atoms in total. The van der Waals surface area contributed by atoms with Crippen LogP contribution in [0.5, 0.6) is 0 Å². The highest BCUT2D eigenvalue weighted by Gasteiger charge is 2.35. The third-order valence-corrected chi connectivity index (χ3v) is 4.05. The highest BCUT2D eigenvalue weighted by atomic mass is 19.1. The molecule has 0 aliphatic carbocycles. The fourth-order valence-corrected chi connectivity index (χ4v) is 2.86. The minimum Gasteiger partial charge on any atom is -0.468 e. The van der Waals surface area contributed by atoms with Gasteiger partial charge in [-0.25, -0.2) is 18.6 Å². The maximum atomic E-state index is 14.3. The molecule has 3 rings (SSSR count). The van der Waals surface area contributed by atoms with Crippen LogP contribution in [0.4, 0.5) is 13.6 Å². The first-order chi connectivity index (χ1) is 12.0. The Bertz CT molecular complexity index is 808. The molecular formula is C16H16F2N4O3. The smallest absolute Gasteiger partial charge is 0.325 e. The molecule has 2 aromatic rings. The largest absolute Gasteiger partial charge is 0.468 e. The van der Waals surface area contributed by atoms with Gasteiger partial charge in [0.15, 0.2) is 0 Å². The van der Waals surface area contributed by atoms with Crippen molar-refractivity contribution < 1.29 is 23.1 Å². The molecule has 0 fully saturated rings. The van der Waals surface area contributed by atoms with Crippen LogP contribution in [-0.4, -0.2) is 47.1 Å². The number of urea groups is 1. The minimum atomic E-state index is -0.826. The number of aromatic amines is 1. The molecule has 0 unspecified atom stereocenters. The number of nitrogens with zero attached hydrogens (tertiary/aromatic N) is 2. The van der Waals surface area contributed by atoms with Crippen LogP contribution >= 0.6 is 0 Å². The molecule has 1 aromatic carbocycles. The Morgan fingerprint density at radius 2 is 2.24 bits per heavy atom. The number of imidazole rings is 1. The summed E-state index contributed by atoms with van der Waals surface area (Å²) < 4.78 is 32.1. The van der Waals surface area contributed by atoms with E-state index in [0.29, 0.717) is 12.1 Å². The number of esters is 1. The first kappa shape index (κ1) is 16.9. The molecule has 1 aliphatic rings. The zero-order chi connectivity index (χ0) is 18.0. The maximum absolute atomic E-state index is 14.3. The number of nitrogens with one attached hydrogen (secondary N) is 2. The summed E-state index contributed by atoms with van der Waals surface area (Å²) in [6.07, 6.45) is 1.97. The van der Waals surface area contributed by atoms with Gasteiger partial charge < -0.3 is 19.9 Å². The van der Waals surface area contributed by atoms with Gasteiger partial charge in [0.2, 0.25) is 0 Å². The van der Waals surface area contributed by atoms with Crippen LogP contribution < -0.4 is 5.32 Å². The van der Waals surface area contributed by atoms with E-state index < -0.39 is 29.7 Å². The second kappa shape index (κ2) is 6.88. The number of aromatic nitrogens is 2. The Kier molecular flexibility index (Phi) is 4.64. The number of methoxy groups -OCH3 is 1. The molecule has 9 heteroatoms. The van der Waals surface area contributed by atoms with Crippen molar-refractivity contribution >= 4 is 12.0 Å². The van der Waals surface area contributed by atoms with E-state index in [1.54, 1.807) is 0 Å². The van der Waals surface area contributed by atoms with Gasteiger partial charge in [0.05, 0.1) is 19.1 Å². The lowest BCUT2D eigenvalue weighted by atomic mass is 9.95. The summed E-state index contributed by atoms with van der Waals surface area (Å²) in [5, 5.41) is 2.43. The molecule has 132 valence electrons. The van der Waals surface area contributed by atoms with Gasteiger partial charge in [-0.2, -0.15) is 0 Å². The van der Waals surface area contributed by atoms with E-state index >= 15 is 0 Å². The number of hydrogen-bond donors (Lipinski definition) is 2. The highest BCUT2D eigenvalue weighted by molar-refractivity contribution is 5.81. The summed E-state index contributed by atoms with van der Waals surface area (Å²) in [5.74, 6) is -2.08. The van der Waals surface area contributed by atoms with Crippen molar-refractivity contribution in [2.75, 3.05) is 20.2 Å². The first-order valence-corrected chi connectivity index (χ1v) is 7.59. The second-order valence-corrected chi connectivity index (χ2v) is 5.51. The molecule has 1 aromatic heterocycles. The van der Waals surface area contributed by atoms with Gasteiger partial charge in [0, 0.05) is 30.3 Å². The van der Waals surface area contributed by atoms with Gasteiger partial charge in [-0.05, 0) is 6.07 Å². The fraction of sp³-hybridized carbons (Fsp3) is 0.312. The van der Waals surface area contributed by atoms with Gasteiger partial charge in [-0.3, -0.25) is 4.79 Å². The number of fused-ring (bicyclic) bond motifs is 1. The van der Waals surface area contributed by atoms with E-state index in [1.165, 1.54) is 24.4 Å². The Morgan fingerprint density at radius 1 is 1.44 bits per heavy atom. The van der Waals surface area contributed by atoms with E-state index in [1.807, 2.05) is 0 Å². The lowest BCUT2D eigenvalue weighted by molar-refractivity contribution is -0.139. The minimum absolute atomic E-state index is 0.127. The Balaban J connectivity index is 1.94. The predicted molar refractivity (Wildman–Crippen MR) is 82.6 cm³/mol. The van der Waals surface area contributed by atoms with Crippen LogP contribution in [0.1, 0.15) is 23.0 Å². The summed E-state index contributed by atoms with van der Waals surface area (Å²) in [6.45, 7) is -0.0262. The second-order valence-electron chi connectivity index (χ2n) is 5.51. The standard InChI is InChI=1S/C16H16F2N4O3/c1-25-13(23)7-19-16(24)22-5-4-12-14(21-8-20-12)15(22)10-3-2-9(17)6-11(10)18/h2-3,6,8,15H,4-5,7H2,1H3,(H,19,24)(H,20,21)/t15-/m1/s1. The van der Waals surface area contributed by atoms with Gasteiger partial charge in [-0.15, -0.1) is 0 Å². The van der Waals surface area contributed by atoms with Crippen molar-refractivity contribution in [3.05, 3.63) is 53.1 Å². The maximum Gasteiger partial charge on any atom is 0.325 e. The molecule has 0 bridgehead atoms. The van der Waals surface area contributed by atoms with Crippen LogP contribution in [0.25, 0.3) is 0 Å². The molecule has 0 spiro atoms. The van der Waals surface area contributed by atoms with Gasteiger partial charge in [-0.1, -0.05) is 6.07 Å². The fourth-order valence-electron chi connectivity index (χ4n) is 2.86. The van der Waals surface area contributed by atoms with Crippen LogP contribution in [0.3, 0.4) is 0 Å². The van der Waals surface area contributed by atoms with Gasteiger partial charge in [0.1, 0.15) is 24.2 Å². The average Bonchev–Trinajstić information content (AvgIpc) is 3.07. The number of H-pyrrole nitrogens is 1. The van der Waals surface area contributed by atoms with Crippen molar-refractivity contribution in [2.45, 2.75) is 12.5 Å². The number of rotatable bonds is 3. The number of hydrogen-bond acceptors (Lipinski definition) is 4. The summed E-state index contributed by atoms with van der Waals surface area (Å²) >= 11 is 0. The molecule has 0 saturated carbocycles. The molecule has 1 aliphatic heterocycles. The third-order valence-electron chi connectivity index (χ3n) is 4.05. The van der Waals surface area contributed by atoms with Crippen LogP contribution in [0, 0.1) is 11.6 Å². The number of carbonyl (C=O) groups is 2. The van der Waals surface area contributed by atoms with Gasteiger partial charge in [0.25, 0.3) is 0 Å². The summed E-state index contributed by atoms with van der Waals surface area (Å²) in [6, 6.07) is 1.80. The normalized spacial score (nSPS) is 16.3. The van der Waals surface area contributed by atoms with Crippen molar-refractivity contribution in [1.82, 2.24) is 20.2 Å². The van der Waals surface area contributed by atoms with Crippen LogP contribution in [0.2, 0.25) is 0 Å². The molecule has 2 amide bonds. The summed E-state index contributed by atoms with van der Waals surface area (Å²) in [5.41, 5.74) is 1.40. The molecule has 0 saturated heterocycles. The number of ether oxygens (including phenoxy) is 1. The van der Waals surface area contributed by atoms with Crippen molar-refractivity contribution in [2.24, 2.45) is 0 Å². The van der Waals surface area contributed by atoms with E-state index in [-0.39, 0.29) is 18.7 Å². The lowest BCUT2D eigenvalue weighted by Crippen LogP contribution is -2.47. The van der Waals surface area contributed by atoms with E-state index in [2.05, 4.69) is 20.0 Å². The quantitative estimate of drug-likeness (QED) is 0.822. The third kappa shape index (κ3) is 3.30. The molecule has 1 atom stereocenters. The molecular weight excluding hydrogens is 334 g/mol. The number of carbonyl (C=O) groups excluding carboxylic acids is 2. The Hall–Kier alpha value is -2.97. The van der Waals surface area contributed by atoms with Gasteiger partial charge >= 0.3 is 12.0 Å². The predicted octanol–water partition coefficient (Wildman–Crippen LogP) is 1.52. The zero-order valence-electron chi connectivity index (χ0n) is 13.4. The number of halogens is 2. The van der Waals surface area contributed by atoms with Crippen molar-refractivity contribution in [1.29, 1.82) is 0 Å². The molecule has 2 N–H and O–H groups in total. The lowest BCUT2D eigenvalue weighted by Gasteiger charge is -2.35. The monoisotopic (exact) mass is 350 g/mol. The van der Waals surface area contributed by atoms with E-state index in [9.17, 15) is 18.4 Å². The first-order valence-electron chi connectivity index (χ1n) is 7.59. The summed E-state index contributed by atoms with van der Waals surface area (Å²) in [4.78, 5) is 32.2.